The topological polar surface area (TPSA) is 73.2 Å². The highest BCUT2D eigenvalue weighted by Gasteiger charge is 2.28. The van der Waals surface area contributed by atoms with E-state index in [1.807, 2.05) is 13.8 Å². The lowest BCUT2D eigenvalue weighted by molar-refractivity contribution is -0.153. The van der Waals surface area contributed by atoms with Gasteiger partial charge in [-0.05, 0) is 37.3 Å². The Hall–Kier alpha value is -2.84. The normalized spacial score (nSPS) is 10.6. The molecule has 1 amide bonds. The molecule has 1 N–H and O–H groups in total. The molecule has 0 spiro atoms. The Balaban J connectivity index is 0.00000235. The second-order valence-electron chi connectivity index (χ2n) is 5.10. The number of ether oxygens (including phenoxy) is 1. The summed E-state index contributed by atoms with van der Waals surface area (Å²) in [5.74, 6) is -0.276. The molecule has 6 nitrogen and oxygen atoms in total. The average Bonchev–Trinajstić information content (AvgIpc) is 2.64. The minimum atomic E-state index is -4.41. The predicted octanol–water partition coefficient (Wildman–Crippen LogP) is 3.26. The van der Waals surface area contributed by atoms with Crippen LogP contribution >= 0.6 is 0 Å². The van der Waals surface area contributed by atoms with Crippen LogP contribution in [0.25, 0.3) is 11.3 Å². The SMILES string of the molecule is CC.CCNC(=O)Cn1nc(-c2ccc(OCC(F)(F)F)cc2)ccc1=O.[HH]. The lowest BCUT2D eigenvalue weighted by atomic mass is 10.1. The van der Waals surface area contributed by atoms with Crippen LogP contribution in [-0.2, 0) is 11.3 Å². The van der Waals surface area contributed by atoms with Crippen molar-refractivity contribution >= 4 is 5.91 Å². The van der Waals surface area contributed by atoms with Crippen molar-refractivity contribution in [3.8, 4) is 17.0 Å². The van der Waals surface area contributed by atoms with Gasteiger partial charge in [-0.2, -0.15) is 18.3 Å². The average molecular weight is 387 g/mol. The van der Waals surface area contributed by atoms with Crippen LogP contribution in [0.3, 0.4) is 0 Å². The van der Waals surface area contributed by atoms with Gasteiger partial charge in [0.2, 0.25) is 5.91 Å². The van der Waals surface area contributed by atoms with Gasteiger partial charge in [0.1, 0.15) is 12.3 Å². The number of nitrogens with one attached hydrogen (secondary N) is 1. The highest BCUT2D eigenvalue weighted by molar-refractivity contribution is 5.75. The fraction of sp³-hybridized carbons (Fsp3) is 0.389. The molecular formula is C18H24F3N3O3. The van der Waals surface area contributed by atoms with Crippen LogP contribution in [0.1, 0.15) is 22.2 Å². The predicted molar refractivity (Wildman–Crippen MR) is 97.6 cm³/mol. The molecule has 9 heteroatoms. The number of likely N-dealkylation sites (N-methyl/N-ethyl adjacent to an activating group) is 1. The van der Waals surface area contributed by atoms with Crippen molar-refractivity contribution in [3.05, 3.63) is 46.8 Å². The Morgan fingerprint density at radius 2 is 1.81 bits per heavy atom. The van der Waals surface area contributed by atoms with Gasteiger partial charge in [-0.15, -0.1) is 0 Å². The molecule has 0 atom stereocenters. The zero-order valence-electron chi connectivity index (χ0n) is 15.3. The molecule has 0 aliphatic carbocycles. The standard InChI is InChI=1S/C16H16F3N3O3.C2H6.H2/c1-2-20-14(23)9-22-15(24)8-7-13(21-22)11-3-5-12(6-4-11)25-10-16(17,18)19;1-2;/h3-8H,2,9-10H2,1H3,(H,20,23);1-2H3;1H. The van der Waals surface area contributed by atoms with E-state index < -0.39 is 18.3 Å². The van der Waals surface area contributed by atoms with Gasteiger partial charge in [-0.3, -0.25) is 9.59 Å². The summed E-state index contributed by atoms with van der Waals surface area (Å²) in [4.78, 5) is 23.4. The van der Waals surface area contributed by atoms with Gasteiger partial charge in [-0.1, -0.05) is 13.8 Å². The first kappa shape index (κ1) is 22.2. The molecule has 1 heterocycles. The van der Waals surface area contributed by atoms with Crippen molar-refractivity contribution < 1.29 is 24.1 Å². The number of hydrogen-bond acceptors (Lipinski definition) is 4. The van der Waals surface area contributed by atoms with E-state index in [9.17, 15) is 22.8 Å². The first-order valence-electron chi connectivity index (χ1n) is 8.43. The Morgan fingerprint density at radius 1 is 1.19 bits per heavy atom. The largest absolute Gasteiger partial charge is 0.484 e. The quantitative estimate of drug-likeness (QED) is 0.826. The molecule has 0 saturated carbocycles. The van der Waals surface area contributed by atoms with Crippen molar-refractivity contribution in [2.24, 2.45) is 0 Å². The summed E-state index contributed by atoms with van der Waals surface area (Å²) in [6.07, 6.45) is -4.41. The van der Waals surface area contributed by atoms with Crippen molar-refractivity contribution in [2.75, 3.05) is 13.2 Å². The molecule has 0 radical (unpaired) electrons. The third kappa shape index (κ3) is 7.51. The van der Waals surface area contributed by atoms with Gasteiger partial charge >= 0.3 is 6.18 Å². The number of benzene rings is 1. The van der Waals surface area contributed by atoms with E-state index >= 15 is 0 Å². The van der Waals surface area contributed by atoms with Crippen LogP contribution in [-0.4, -0.2) is 35.0 Å². The number of aromatic nitrogens is 2. The Labute approximate surface area is 156 Å². The second kappa shape index (κ2) is 10.3. The molecule has 1 aromatic heterocycles. The first-order chi connectivity index (χ1) is 12.8. The Bertz CT molecular complexity index is 793. The molecule has 150 valence electrons. The lowest BCUT2D eigenvalue weighted by Crippen LogP contribution is -2.33. The molecule has 27 heavy (non-hydrogen) atoms. The summed E-state index contributed by atoms with van der Waals surface area (Å²) in [5, 5.41) is 6.67. The van der Waals surface area contributed by atoms with Crippen molar-refractivity contribution in [1.82, 2.24) is 15.1 Å². The summed E-state index contributed by atoms with van der Waals surface area (Å²) in [5.41, 5.74) is 0.551. The minimum Gasteiger partial charge on any atom is -0.484 e. The number of hydrogen-bond donors (Lipinski definition) is 1. The third-order valence-electron chi connectivity index (χ3n) is 3.09. The van der Waals surface area contributed by atoms with Crippen LogP contribution < -0.4 is 15.6 Å². The van der Waals surface area contributed by atoms with Gasteiger partial charge in [0.25, 0.3) is 5.56 Å². The molecule has 1 aromatic carbocycles. The number of halogens is 3. The van der Waals surface area contributed by atoms with Gasteiger partial charge in [0, 0.05) is 19.6 Å². The summed E-state index contributed by atoms with van der Waals surface area (Å²) in [6, 6.07) is 8.55. The maximum Gasteiger partial charge on any atom is 0.422 e. The van der Waals surface area contributed by atoms with Crippen LogP contribution in [0, 0.1) is 0 Å². The number of alkyl halides is 3. The molecular weight excluding hydrogens is 363 g/mol. The van der Waals surface area contributed by atoms with E-state index in [0.29, 0.717) is 17.8 Å². The Kier molecular flexibility index (Phi) is 8.50. The summed E-state index contributed by atoms with van der Waals surface area (Å²) in [7, 11) is 0. The summed E-state index contributed by atoms with van der Waals surface area (Å²) >= 11 is 0. The van der Waals surface area contributed by atoms with Crippen molar-refractivity contribution in [2.45, 2.75) is 33.5 Å². The third-order valence-corrected chi connectivity index (χ3v) is 3.09. The van der Waals surface area contributed by atoms with Gasteiger partial charge < -0.3 is 10.1 Å². The lowest BCUT2D eigenvalue weighted by Gasteiger charge is -2.10. The smallest absolute Gasteiger partial charge is 0.422 e. The van der Waals surface area contributed by atoms with E-state index in [-0.39, 0.29) is 19.6 Å². The molecule has 2 aromatic rings. The minimum absolute atomic E-state index is 0. The number of nitrogens with zero attached hydrogens (tertiary/aromatic N) is 2. The fourth-order valence-electron chi connectivity index (χ4n) is 1.99. The van der Waals surface area contributed by atoms with E-state index in [1.54, 1.807) is 6.92 Å². The molecule has 2 rings (SSSR count). The fourth-order valence-corrected chi connectivity index (χ4v) is 1.99. The van der Waals surface area contributed by atoms with E-state index in [1.165, 1.54) is 36.4 Å². The Morgan fingerprint density at radius 3 is 2.37 bits per heavy atom. The molecule has 0 fully saturated rings. The maximum absolute atomic E-state index is 12.1. The number of carbonyl (C=O) groups is 1. The monoisotopic (exact) mass is 387 g/mol. The summed E-state index contributed by atoms with van der Waals surface area (Å²) in [6.45, 7) is 4.61. The van der Waals surface area contributed by atoms with Crippen LogP contribution in [0.2, 0.25) is 0 Å². The van der Waals surface area contributed by atoms with Crippen LogP contribution in [0.15, 0.2) is 41.2 Å². The zero-order valence-corrected chi connectivity index (χ0v) is 15.3. The highest BCUT2D eigenvalue weighted by Crippen LogP contribution is 2.22. The van der Waals surface area contributed by atoms with E-state index in [0.717, 1.165) is 4.68 Å². The maximum atomic E-state index is 12.1. The van der Waals surface area contributed by atoms with Gasteiger partial charge in [0.05, 0.1) is 5.69 Å². The van der Waals surface area contributed by atoms with Gasteiger partial charge in [0.15, 0.2) is 6.61 Å². The zero-order chi connectivity index (χ0) is 20.4. The summed E-state index contributed by atoms with van der Waals surface area (Å²) < 4.78 is 42.0. The van der Waals surface area contributed by atoms with Gasteiger partial charge in [-0.25, -0.2) is 4.68 Å². The first-order valence-corrected chi connectivity index (χ1v) is 8.43. The van der Waals surface area contributed by atoms with Crippen LogP contribution in [0.5, 0.6) is 5.75 Å². The molecule has 0 aliphatic rings. The molecule has 0 saturated heterocycles. The number of rotatable bonds is 6. The van der Waals surface area contributed by atoms with Crippen molar-refractivity contribution in [1.29, 1.82) is 0 Å². The van der Waals surface area contributed by atoms with Crippen LogP contribution in [0.4, 0.5) is 13.2 Å². The molecule has 0 unspecified atom stereocenters. The van der Waals surface area contributed by atoms with E-state index in [2.05, 4.69) is 15.2 Å². The molecule has 0 bridgehead atoms. The van der Waals surface area contributed by atoms with E-state index in [4.69, 9.17) is 0 Å². The highest BCUT2D eigenvalue weighted by atomic mass is 19.4. The number of carbonyl (C=O) groups excluding carboxylic acids is 1. The molecule has 0 aliphatic heterocycles. The second-order valence-corrected chi connectivity index (χ2v) is 5.10. The number of amides is 1. The van der Waals surface area contributed by atoms with Crippen molar-refractivity contribution in [3.63, 3.8) is 0 Å².